The maximum atomic E-state index is 10.6. The van der Waals surface area contributed by atoms with Crippen molar-refractivity contribution in [2.75, 3.05) is 0 Å². The number of aromatic carboxylic acids is 1. The van der Waals surface area contributed by atoms with E-state index in [2.05, 4.69) is 10.2 Å². The Morgan fingerprint density at radius 1 is 1.54 bits per heavy atom. The van der Waals surface area contributed by atoms with E-state index in [0.29, 0.717) is 18.2 Å². The standard InChI is InChI=1S/C8H13N3O2/c1-5(2)4-11-9-6(3)7(10-11)8(12)13/h5H,4H2,1-3H3,(H,12,13). The van der Waals surface area contributed by atoms with Gasteiger partial charge in [-0.15, -0.1) is 5.10 Å². The van der Waals surface area contributed by atoms with Crippen LogP contribution < -0.4 is 0 Å². The maximum absolute atomic E-state index is 10.6. The van der Waals surface area contributed by atoms with Crippen molar-refractivity contribution >= 4 is 5.97 Å². The molecule has 0 saturated carbocycles. The van der Waals surface area contributed by atoms with Crippen LogP contribution in [0.2, 0.25) is 0 Å². The van der Waals surface area contributed by atoms with Gasteiger partial charge in [-0.1, -0.05) is 13.8 Å². The Hall–Kier alpha value is -1.39. The number of nitrogens with zero attached hydrogens (tertiary/aromatic N) is 3. The largest absolute Gasteiger partial charge is 0.476 e. The fraction of sp³-hybridized carbons (Fsp3) is 0.625. The van der Waals surface area contributed by atoms with Gasteiger partial charge < -0.3 is 5.11 Å². The Bertz CT molecular complexity index is 317. The minimum Gasteiger partial charge on any atom is -0.476 e. The molecular weight excluding hydrogens is 170 g/mol. The molecule has 0 aliphatic carbocycles. The van der Waals surface area contributed by atoms with Crippen LogP contribution in [-0.2, 0) is 6.54 Å². The lowest BCUT2D eigenvalue weighted by molar-refractivity contribution is 0.0688. The van der Waals surface area contributed by atoms with Crippen LogP contribution >= 0.6 is 0 Å². The van der Waals surface area contributed by atoms with Crippen molar-refractivity contribution in [1.82, 2.24) is 15.0 Å². The van der Waals surface area contributed by atoms with E-state index in [-0.39, 0.29) is 5.69 Å². The number of rotatable bonds is 3. The van der Waals surface area contributed by atoms with Gasteiger partial charge in [-0.2, -0.15) is 9.90 Å². The van der Waals surface area contributed by atoms with Gasteiger partial charge in [0.2, 0.25) is 0 Å². The molecule has 0 bridgehead atoms. The summed E-state index contributed by atoms with van der Waals surface area (Å²) in [4.78, 5) is 12.0. The number of carboxylic acids is 1. The second-order valence-corrected chi connectivity index (χ2v) is 3.39. The average Bonchev–Trinajstić information content (AvgIpc) is 2.29. The zero-order chi connectivity index (χ0) is 10.0. The number of aromatic nitrogens is 3. The number of hydrogen-bond acceptors (Lipinski definition) is 3. The van der Waals surface area contributed by atoms with Crippen LogP contribution in [0.5, 0.6) is 0 Å². The molecule has 0 amide bonds. The van der Waals surface area contributed by atoms with Crippen molar-refractivity contribution in [2.24, 2.45) is 5.92 Å². The first-order valence-electron chi connectivity index (χ1n) is 4.15. The third-order valence-corrected chi connectivity index (χ3v) is 1.55. The van der Waals surface area contributed by atoms with E-state index in [4.69, 9.17) is 5.11 Å². The monoisotopic (exact) mass is 183 g/mol. The second-order valence-electron chi connectivity index (χ2n) is 3.39. The lowest BCUT2D eigenvalue weighted by Gasteiger charge is -2.01. The van der Waals surface area contributed by atoms with E-state index in [1.54, 1.807) is 6.92 Å². The van der Waals surface area contributed by atoms with E-state index in [1.807, 2.05) is 13.8 Å². The summed E-state index contributed by atoms with van der Waals surface area (Å²) >= 11 is 0. The molecule has 0 aliphatic heterocycles. The first-order valence-corrected chi connectivity index (χ1v) is 4.15. The Balaban J connectivity index is 2.89. The molecule has 0 fully saturated rings. The van der Waals surface area contributed by atoms with Crippen LogP contribution in [0.25, 0.3) is 0 Å². The Morgan fingerprint density at radius 2 is 2.15 bits per heavy atom. The number of aryl methyl sites for hydroxylation is 1. The smallest absolute Gasteiger partial charge is 0.358 e. The normalized spacial score (nSPS) is 10.8. The summed E-state index contributed by atoms with van der Waals surface area (Å²) in [6, 6.07) is 0. The van der Waals surface area contributed by atoms with Gasteiger partial charge in [0, 0.05) is 0 Å². The van der Waals surface area contributed by atoms with E-state index < -0.39 is 5.97 Å². The second kappa shape index (κ2) is 3.55. The fourth-order valence-corrected chi connectivity index (χ4v) is 1.04. The van der Waals surface area contributed by atoms with Crippen molar-refractivity contribution in [2.45, 2.75) is 27.3 Å². The predicted octanol–water partition coefficient (Wildman–Crippen LogP) is 0.941. The number of carbonyl (C=O) groups is 1. The Morgan fingerprint density at radius 3 is 2.54 bits per heavy atom. The highest BCUT2D eigenvalue weighted by atomic mass is 16.4. The molecule has 0 spiro atoms. The third kappa shape index (κ3) is 2.27. The summed E-state index contributed by atoms with van der Waals surface area (Å²) in [7, 11) is 0. The SMILES string of the molecule is Cc1nn(CC(C)C)nc1C(=O)O. The van der Waals surface area contributed by atoms with Crippen molar-refractivity contribution in [3.05, 3.63) is 11.4 Å². The molecule has 0 radical (unpaired) electrons. The third-order valence-electron chi connectivity index (χ3n) is 1.55. The van der Waals surface area contributed by atoms with Gasteiger partial charge in [0.25, 0.3) is 0 Å². The first-order chi connectivity index (χ1) is 6.00. The fourth-order valence-electron chi connectivity index (χ4n) is 1.04. The van der Waals surface area contributed by atoms with Crippen LogP contribution in [0, 0.1) is 12.8 Å². The van der Waals surface area contributed by atoms with Crippen molar-refractivity contribution in [3.63, 3.8) is 0 Å². The number of hydrogen-bond donors (Lipinski definition) is 1. The van der Waals surface area contributed by atoms with E-state index in [0.717, 1.165) is 0 Å². The molecule has 5 nitrogen and oxygen atoms in total. The summed E-state index contributed by atoms with van der Waals surface area (Å²) in [5.74, 6) is -0.610. The van der Waals surface area contributed by atoms with Gasteiger partial charge in [-0.25, -0.2) is 4.79 Å². The summed E-state index contributed by atoms with van der Waals surface area (Å²) in [5, 5.41) is 16.5. The highest BCUT2D eigenvalue weighted by Crippen LogP contribution is 2.02. The predicted molar refractivity (Wildman–Crippen MR) is 46.6 cm³/mol. The molecule has 1 aromatic rings. The van der Waals surface area contributed by atoms with Gasteiger partial charge in [-0.05, 0) is 12.8 Å². The van der Waals surface area contributed by atoms with Crippen LogP contribution in [0.4, 0.5) is 0 Å². The molecule has 1 rings (SSSR count). The Kier molecular flexibility index (Phi) is 2.65. The molecule has 1 heterocycles. The topological polar surface area (TPSA) is 68.0 Å². The molecule has 72 valence electrons. The summed E-state index contributed by atoms with van der Waals surface area (Å²) in [6.07, 6.45) is 0. The highest BCUT2D eigenvalue weighted by Gasteiger charge is 2.13. The zero-order valence-electron chi connectivity index (χ0n) is 7.98. The van der Waals surface area contributed by atoms with Crippen molar-refractivity contribution in [3.8, 4) is 0 Å². The van der Waals surface area contributed by atoms with Crippen LogP contribution in [0.1, 0.15) is 30.0 Å². The molecule has 1 aromatic heterocycles. The zero-order valence-corrected chi connectivity index (χ0v) is 7.98. The van der Waals surface area contributed by atoms with Crippen LogP contribution in [0.3, 0.4) is 0 Å². The molecule has 0 unspecified atom stereocenters. The summed E-state index contributed by atoms with van der Waals surface area (Å²) in [6.45, 7) is 6.35. The molecule has 0 aliphatic rings. The highest BCUT2D eigenvalue weighted by molar-refractivity contribution is 5.86. The first kappa shape index (κ1) is 9.70. The molecule has 13 heavy (non-hydrogen) atoms. The minimum atomic E-state index is -1.02. The summed E-state index contributed by atoms with van der Waals surface area (Å²) in [5.41, 5.74) is 0.508. The molecule has 0 saturated heterocycles. The van der Waals surface area contributed by atoms with E-state index >= 15 is 0 Å². The Labute approximate surface area is 76.4 Å². The van der Waals surface area contributed by atoms with E-state index in [9.17, 15) is 4.79 Å². The lowest BCUT2D eigenvalue weighted by Crippen LogP contribution is -2.08. The molecule has 5 heteroatoms. The van der Waals surface area contributed by atoms with Crippen LogP contribution in [-0.4, -0.2) is 26.1 Å². The molecular formula is C8H13N3O2. The van der Waals surface area contributed by atoms with Gasteiger partial charge in [0.05, 0.1) is 12.2 Å². The van der Waals surface area contributed by atoms with Gasteiger partial charge in [0.1, 0.15) is 0 Å². The molecule has 0 aromatic carbocycles. The van der Waals surface area contributed by atoms with E-state index in [1.165, 1.54) is 4.80 Å². The van der Waals surface area contributed by atoms with Gasteiger partial charge in [-0.3, -0.25) is 0 Å². The van der Waals surface area contributed by atoms with Gasteiger partial charge >= 0.3 is 5.97 Å². The maximum Gasteiger partial charge on any atom is 0.358 e. The molecule has 1 N–H and O–H groups in total. The quantitative estimate of drug-likeness (QED) is 0.757. The average molecular weight is 183 g/mol. The minimum absolute atomic E-state index is 0.0423. The lowest BCUT2D eigenvalue weighted by atomic mass is 10.2. The summed E-state index contributed by atoms with van der Waals surface area (Å²) < 4.78 is 0. The van der Waals surface area contributed by atoms with Crippen molar-refractivity contribution in [1.29, 1.82) is 0 Å². The molecule has 0 atom stereocenters. The number of carboxylic acid groups (broad SMARTS) is 1. The van der Waals surface area contributed by atoms with Crippen molar-refractivity contribution < 1.29 is 9.90 Å². The van der Waals surface area contributed by atoms with Gasteiger partial charge in [0.15, 0.2) is 5.69 Å². The van der Waals surface area contributed by atoms with Crippen LogP contribution in [0.15, 0.2) is 0 Å².